The maximum atomic E-state index is 13.0. The zero-order valence-electron chi connectivity index (χ0n) is 17.5. The fourth-order valence-electron chi connectivity index (χ4n) is 3.54. The van der Waals surface area contributed by atoms with Gasteiger partial charge in [0.05, 0.1) is 30.3 Å². The normalized spacial score (nSPS) is 13.7. The van der Waals surface area contributed by atoms with Crippen LogP contribution in [0.1, 0.15) is 56.2 Å². The number of methoxy groups -OCH3 is 2. The smallest absolute Gasteiger partial charge is 0.265 e. The molecule has 156 valence electrons. The Bertz CT molecular complexity index is 879. The average Bonchev–Trinajstić information content (AvgIpc) is 3.09. The van der Waals surface area contributed by atoms with E-state index in [-0.39, 0.29) is 11.8 Å². The van der Waals surface area contributed by atoms with E-state index in [1.807, 2.05) is 6.07 Å². The second kappa shape index (κ2) is 9.31. The molecule has 7 heteroatoms. The van der Waals surface area contributed by atoms with E-state index < -0.39 is 0 Å². The van der Waals surface area contributed by atoms with Gasteiger partial charge in [0.25, 0.3) is 11.8 Å². The Balaban J connectivity index is 1.93. The van der Waals surface area contributed by atoms with Crippen LogP contribution in [-0.4, -0.2) is 45.0 Å². The predicted octanol–water partition coefficient (Wildman–Crippen LogP) is 4.38. The van der Waals surface area contributed by atoms with Crippen molar-refractivity contribution < 1.29 is 19.1 Å². The molecule has 0 unspecified atom stereocenters. The molecule has 0 aliphatic heterocycles. The molecule has 0 bridgehead atoms. The molecule has 1 aliphatic rings. The van der Waals surface area contributed by atoms with Gasteiger partial charge in [-0.1, -0.05) is 12.8 Å². The van der Waals surface area contributed by atoms with Gasteiger partial charge in [-0.2, -0.15) is 0 Å². The molecule has 1 N–H and O–H groups in total. The Morgan fingerprint density at radius 1 is 0.966 bits per heavy atom. The van der Waals surface area contributed by atoms with Crippen molar-refractivity contribution in [2.45, 2.75) is 38.5 Å². The third kappa shape index (κ3) is 4.72. The zero-order chi connectivity index (χ0) is 21.0. The molecule has 0 saturated carbocycles. The third-order valence-electron chi connectivity index (χ3n) is 5.13. The quantitative estimate of drug-likeness (QED) is 0.785. The molecule has 1 aromatic heterocycles. The lowest BCUT2D eigenvalue weighted by atomic mass is 10.00. The van der Waals surface area contributed by atoms with Crippen molar-refractivity contribution >= 4 is 28.8 Å². The van der Waals surface area contributed by atoms with Gasteiger partial charge in [-0.3, -0.25) is 9.59 Å². The minimum atomic E-state index is -0.222. The van der Waals surface area contributed by atoms with Crippen LogP contribution in [-0.2, 0) is 12.8 Å². The minimum Gasteiger partial charge on any atom is -0.493 e. The molecule has 0 radical (unpaired) electrons. The van der Waals surface area contributed by atoms with Gasteiger partial charge in [-0.05, 0) is 43.4 Å². The van der Waals surface area contributed by atoms with E-state index in [4.69, 9.17) is 9.47 Å². The Morgan fingerprint density at radius 3 is 2.28 bits per heavy atom. The number of carbonyl (C=O) groups excluding carboxylic acids is 2. The molecule has 29 heavy (non-hydrogen) atoms. The first-order chi connectivity index (χ1) is 13.9. The summed E-state index contributed by atoms with van der Waals surface area (Å²) in [5.41, 5.74) is 2.06. The van der Waals surface area contributed by atoms with Gasteiger partial charge in [0.1, 0.15) is 0 Å². The van der Waals surface area contributed by atoms with Crippen LogP contribution in [0.2, 0.25) is 0 Å². The summed E-state index contributed by atoms with van der Waals surface area (Å²) >= 11 is 1.56. The molecule has 0 spiro atoms. The van der Waals surface area contributed by atoms with E-state index >= 15 is 0 Å². The van der Waals surface area contributed by atoms with Crippen molar-refractivity contribution in [3.63, 3.8) is 0 Å². The number of benzene rings is 1. The summed E-state index contributed by atoms with van der Waals surface area (Å²) < 4.78 is 10.7. The second-order valence-corrected chi connectivity index (χ2v) is 8.52. The van der Waals surface area contributed by atoms with Crippen LogP contribution in [0.15, 0.2) is 18.2 Å². The monoisotopic (exact) mass is 416 g/mol. The van der Waals surface area contributed by atoms with E-state index in [2.05, 4.69) is 5.32 Å². The number of ether oxygens (including phenoxy) is 2. The summed E-state index contributed by atoms with van der Waals surface area (Å²) in [7, 11) is 6.38. The number of carbonyl (C=O) groups is 2. The summed E-state index contributed by atoms with van der Waals surface area (Å²) in [6, 6.07) is 5.25. The van der Waals surface area contributed by atoms with Gasteiger partial charge in [0.2, 0.25) is 0 Å². The number of hydrogen-bond donors (Lipinski definition) is 1. The minimum absolute atomic E-state index is 0.207. The number of aryl methyl sites for hydroxylation is 2. The highest BCUT2D eigenvalue weighted by molar-refractivity contribution is 7.14. The second-order valence-electron chi connectivity index (χ2n) is 7.38. The van der Waals surface area contributed by atoms with E-state index in [0.29, 0.717) is 27.6 Å². The number of amides is 2. The first-order valence-electron chi connectivity index (χ1n) is 9.85. The van der Waals surface area contributed by atoms with Gasteiger partial charge < -0.3 is 19.7 Å². The molecule has 0 saturated heterocycles. The average molecular weight is 417 g/mol. The summed E-state index contributed by atoms with van der Waals surface area (Å²) in [4.78, 5) is 29.1. The van der Waals surface area contributed by atoms with E-state index in [1.165, 1.54) is 55.2 Å². The zero-order valence-corrected chi connectivity index (χ0v) is 18.3. The molecule has 2 amide bonds. The lowest BCUT2D eigenvalue weighted by molar-refractivity contribution is 0.0828. The van der Waals surface area contributed by atoms with Crippen molar-refractivity contribution in [1.29, 1.82) is 0 Å². The maximum Gasteiger partial charge on any atom is 0.265 e. The fourth-order valence-corrected chi connectivity index (χ4v) is 4.69. The lowest BCUT2D eigenvalue weighted by Crippen LogP contribution is -2.24. The molecule has 1 aliphatic carbocycles. The number of anilines is 1. The van der Waals surface area contributed by atoms with Crippen molar-refractivity contribution in [2.75, 3.05) is 33.6 Å². The Kier molecular flexibility index (Phi) is 6.79. The Hall–Kier alpha value is -2.54. The van der Waals surface area contributed by atoms with Gasteiger partial charge in [-0.25, -0.2) is 0 Å². The molecule has 0 fully saturated rings. The van der Waals surface area contributed by atoms with Gasteiger partial charge in [0.15, 0.2) is 11.5 Å². The molecular formula is C22H28N2O4S. The van der Waals surface area contributed by atoms with Crippen LogP contribution in [0.5, 0.6) is 11.5 Å². The van der Waals surface area contributed by atoms with Gasteiger partial charge in [-0.15, -0.1) is 11.3 Å². The molecule has 2 aromatic rings. The van der Waals surface area contributed by atoms with Crippen molar-refractivity contribution in [2.24, 2.45) is 0 Å². The number of thiophene rings is 1. The van der Waals surface area contributed by atoms with Gasteiger partial charge >= 0.3 is 0 Å². The highest BCUT2D eigenvalue weighted by Crippen LogP contribution is 2.35. The Labute approximate surface area is 175 Å². The van der Waals surface area contributed by atoms with Crippen LogP contribution >= 0.6 is 11.3 Å². The largest absolute Gasteiger partial charge is 0.493 e. The molecule has 0 atom stereocenters. The highest BCUT2D eigenvalue weighted by Gasteiger charge is 2.22. The SMILES string of the molecule is COc1cc(NC(=O)c2cc3c(s2)CCCCCC3)c(C(=O)N(C)C)cc1OC. The van der Waals surface area contributed by atoms with Crippen molar-refractivity contribution in [1.82, 2.24) is 4.90 Å². The fraction of sp³-hybridized carbons (Fsp3) is 0.455. The maximum absolute atomic E-state index is 13.0. The molecule has 3 rings (SSSR count). The van der Waals surface area contributed by atoms with E-state index in [0.717, 1.165) is 12.8 Å². The topological polar surface area (TPSA) is 67.9 Å². The first-order valence-corrected chi connectivity index (χ1v) is 10.7. The molecule has 1 heterocycles. The molecular weight excluding hydrogens is 388 g/mol. The van der Waals surface area contributed by atoms with Crippen LogP contribution in [0.3, 0.4) is 0 Å². The van der Waals surface area contributed by atoms with Crippen molar-refractivity contribution in [3.05, 3.63) is 39.1 Å². The van der Waals surface area contributed by atoms with E-state index in [1.54, 1.807) is 37.6 Å². The van der Waals surface area contributed by atoms with Crippen LogP contribution in [0, 0.1) is 0 Å². The summed E-state index contributed by atoms with van der Waals surface area (Å²) in [6.45, 7) is 0. The van der Waals surface area contributed by atoms with Crippen LogP contribution in [0.25, 0.3) is 0 Å². The standard InChI is InChI=1S/C22H28N2O4S/c1-24(2)22(26)15-12-17(27-3)18(28-4)13-16(15)23-21(25)20-11-14-9-7-5-6-8-10-19(14)29-20/h11-13H,5-10H2,1-4H3,(H,23,25). The highest BCUT2D eigenvalue weighted by atomic mass is 32.1. The van der Waals surface area contributed by atoms with E-state index in [9.17, 15) is 9.59 Å². The van der Waals surface area contributed by atoms with Crippen LogP contribution < -0.4 is 14.8 Å². The predicted molar refractivity (Wildman–Crippen MR) is 116 cm³/mol. The molecule has 6 nitrogen and oxygen atoms in total. The number of nitrogens with one attached hydrogen (secondary N) is 1. The van der Waals surface area contributed by atoms with Crippen molar-refractivity contribution in [3.8, 4) is 11.5 Å². The number of rotatable bonds is 5. The molecule has 1 aromatic carbocycles. The number of nitrogens with zero attached hydrogens (tertiary/aromatic N) is 1. The Morgan fingerprint density at radius 2 is 1.62 bits per heavy atom. The van der Waals surface area contributed by atoms with Crippen LogP contribution in [0.4, 0.5) is 5.69 Å². The lowest BCUT2D eigenvalue weighted by Gasteiger charge is -2.17. The number of fused-ring (bicyclic) bond motifs is 1. The van der Waals surface area contributed by atoms with Gasteiger partial charge in [0, 0.05) is 25.0 Å². The summed E-state index contributed by atoms with van der Waals surface area (Å²) in [5.74, 6) is 0.466. The third-order valence-corrected chi connectivity index (χ3v) is 6.36. The number of hydrogen-bond acceptors (Lipinski definition) is 5. The summed E-state index contributed by atoms with van der Waals surface area (Å²) in [6.07, 6.45) is 6.90. The summed E-state index contributed by atoms with van der Waals surface area (Å²) in [5, 5.41) is 2.92. The first kappa shape index (κ1) is 21.2.